The van der Waals surface area contributed by atoms with E-state index in [0.717, 1.165) is 19.3 Å². The molecule has 3 heteroatoms. The van der Waals surface area contributed by atoms with Crippen molar-refractivity contribution in [3.63, 3.8) is 0 Å². The molecule has 0 radical (unpaired) electrons. The Labute approximate surface area is 164 Å². The molecule has 27 heavy (non-hydrogen) atoms. The predicted octanol–water partition coefficient (Wildman–Crippen LogP) is 5.33. The molecule has 4 aliphatic rings. The van der Waals surface area contributed by atoms with Gasteiger partial charge in [-0.2, -0.15) is 0 Å². The van der Waals surface area contributed by atoms with E-state index < -0.39 is 0 Å². The molecule has 0 N–H and O–H groups in total. The van der Waals surface area contributed by atoms with Crippen LogP contribution in [0.4, 0.5) is 0 Å². The number of allylic oxidation sites excluding steroid dienone is 2. The van der Waals surface area contributed by atoms with Crippen LogP contribution in [0.3, 0.4) is 0 Å². The highest BCUT2D eigenvalue weighted by molar-refractivity contribution is 5.84. The molecule has 0 aromatic heterocycles. The fourth-order valence-electron chi connectivity index (χ4n) is 7.50. The zero-order chi connectivity index (χ0) is 19.2. The average Bonchev–Trinajstić information content (AvgIpc) is 2.98. The van der Waals surface area contributed by atoms with Crippen LogP contribution in [0, 0.1) is 40.4 Å². The van der Waals surface area contributed by atoms with Gasteiger partial charge in [-0.05, 0) is 73.0 Å². The summed E-state index contributed by atoms with van der Waals surface area (Å²) in [5, 5.41) is 0. The van der Waals surface area contributed by atoms with Crippen LogP contribution < -0.4 is 0 Å². The summed E-state index contributed by atoms with van der Waals surface area (Å²) in [7, 11) is 1.47. The molecule has 3 fully saturated rings. The van der Waals surface area contributed by atoms with E-state index >= 15 is 0 Å². The highest BCUT2D eigenvalue weighted by atomic mass is 16.5. The number of hydrogen-bond donors (Lipinski definition) is 0. The lowest BCUT2D eigenvalue weighted by molar-refractivity contribution is -0.143. The molecule has 7 atom stereocenters. The van der Waals surface area contributed by atoms with E-state index in [9.17, 15) is 9.59 Å². The van der Waals surface area contributed by atoms with Gasteiger partial charge in [0, 0.05) is 18.8 Å². The fraction of sp³-hybridized carbons (Fsp3) is 0.833. The Bertz CT molecular complexity index is 638. The van der Waals surface area contributed by atoms with Crippen LogP contribution in [0.25, 0.3) is 0 Å². The third-order valence-electron chi connectivity index (χ3n) is 9.18. The van der Waals surface area contributed by atoms with Gasteiger partial charge in [0.2, 0.25) is 0 Å². The minimum atomic E-state index is -0.104. The number of esters is 1. The lowest BCUT2D eigenvalue weighted by atomic mass is 9.46. The molecular weight excluding hydrogens is 336 g/mol. The maximum absolute atomic E-state index is 13.3. The second-order valence-electron chi connectivity index (χ2n) is 10.2. The second kappa shape index (κ2) is 7.04. The highest BCUT2D eigenvalue weighted by Gasteiger charge is 2.60. The molecule has 7 unspecified atom stereocenters. The molecule has 0 bridgehead atoms. The van der Waals surface area contributed by atoms with E-state index in [2.05, 4.69) is 26.0 Å². The first-order valence-corrected chi connectivity index (χ1v) is 11.2. The van der Waals surface area contributed by atoms with E-state index in [0.29, 0.717) is 41.3 Å². The molecular formula is C24H36O3. The summed E-state index contributed by atoms with van der Waals surface area (Å²) in [6, 6.07) is 0. The van der Waals surface area contributed by atoms with Crippen LogP contribution in [-0.4, -0.2) is 18.9 Å². The Kier molecular flexibility index (Phi) is 5.01. The summed E-state index contributed by atoms with van der Waals surface area (Å²) in [4.78, 5) is 24.7. The quantitative estimate of drug-likeness (QED) is 0.494. The Morgan fingerprint density at radius 1 is 1.22 bits per heavy atom. The summed E-state index contributed by atoms with van der Waals surface area (Å²) < 4.78 is 4.80. The molecule has 0 saturated heterocycles. The molecule has 0 aromatic carbocycles. The molecule has 0 aromatic rings. The fourth-order valence-corrected chi connectivity index (χ4v) is 7.50. The first kappa shape index (κ1) is 19.2. The van der Waals surface area contributed by atoms with Gasteiger partial charge < -0.3 is 4.74 Å². The van der Waals surface area contributed by atoms with Crippen LogP contribution >= 0.6 is 0 Å². The highest BCUT2D eigenvalue weighted by Crippen LogP contribution is 2.64. The summed E-state index contributed by atoms with van der Waals surface area (Å²) in [5.74, 6) is 2.84. The summed E-state index contributed by atoms with van der Waals surface area (Å²) >= 11 is 0. The Morgan fingerprint density at radius 2 is 2.04 bits per heavy atom. The van der Waals surface area contributed by atoms with Crippen LogP contribution in [0.5, 0.6) is 0 Å². The molecule has 3 nitrogen and oxygen atoms in total. The van der Waals surface area contributed by atoms with Crippen molar-refractivity contribution in [2.45, 2.75) is 78.1 Å². The molecule has 0 spiro atoms. The first-order chi connectivity index (χ1) is 12.9. The van der Waals surface area contributed by atoms with Crippen molar-refractivity contribution in [1.82, 2.24) is 0 Å². The van der Waals surface area contributed by atoms with E-state index in [-0.39, 0.29) is 17.3 Å². The van der Waals surface area contributed by atoms with Crippen molar-refractivity contribution in [2.75, 3.05) is 7.11 Å². The Hall–Kier alpha value is -1.12. The van der Waals surface area contributed by atoms with Crippen LogP contribution in [-0.2, 0) is 14.3 Å². The minimum Gasteiger partial charge on any atom is -0.469 e. The Balaban J connectivity index is 1.55. The minimum absolute atomic E-state index is 0.104. The van der Waals surface area contributed by atoms with Gasteiger partial charge in [0.1, 0.15) is 5.78 Å². The molecule has 0 aliphatic heterocycles. The summed E-state index contributed by atoms with van der Waals surface area (Å²) in [6.45, 7) is 4.87. The van der Waals surface area contributed by atoms with Gasteiger partial charge >= 0.3 is 5.97 Å². The van der Waals surface area contributed by atoms with Gasteiger partial charge in [0.15, 0.2) is 0 Å². The predicted molar refractivity (Wildman–Crippen MR) is 106 cm³/mol. The van der Waals surface area contributed by atoms with Gasteiger partial charge in [-0.15, -0.1) is 0 Å². The molecule has 150 valence electrons. The van der Waals surface area contributed by atoms with Crippen molar-refractivity contribution < 1.29 is 14.3 Å². The molecule has 4 aliphatic carbocycles. The lowest BCUT2D eigenvalue weighted by Gasteiger charge is -2.57. The topological polar surface area (TPSA) is 43.4 Å². The van der Waals surface area contributed by atoms with E-state index in [4.69, 9.17) is 4.74 Å². The summed E-state index contributed by atoms with van der Waals surface area (Å²) in [5.41, 5.74) is 0.461. The SMILES string of the molecule is COC(=O)CCCC1CCC2C3C(=O)CC4CCCCC4(C)C3C=CC12C. The smallest absolute Gasteiger partial charge is 0.305 e. The van der Waals surface area contributed by atoms with Crippen molar-refractivity contribution >= 4 is 11.8 Å². The van der Waals surface area contributed by atoms with Crippen LogP contribution in [0.1, 0.15) is 78.1 Å². The molecule has 0 amide bonds. The zero-order valence-corrected chi connectivity index (χ0v) is 17.3. The number of carbonyl (C=O) groups excluding carboxylic acids is 2. The van der Waals surface area contributed by atoms with Gasteiger partial charge in [0.05, 0.1) is 7.11 Å². The van der Waals surface area contributed by atoms with Crippen LogP contribution in [0.15, 0.2) is 12.2 Å². The summed E-state index contributed by atoms with van der Waals surface area (Å²) in [6.07, 6.45) is 15.8. The molecule has 3 saturated carbocycles. The number of ether oxygens (including phenoxy) is 1. The van der Waals surface area contributed by atoms with Crippen molar-refractivity contribution in [2.24, 2.45) is 40.4 Å². The number of hydrogen-bond acceptors (Lipinski definition) is 3. The van der Waals surface area contributed by atoms with E-state index in [1.807, 2.05) is 0 Å². The normalized spacial score (nSPS) is 45.7. The third kappa shape index (κ3) is 3.00. The number of fused-ring (bicyclic) bond motifs is 5. The van der Waals surface area contributed by atoms with Crippen molar-refractivity contribution in [3.8, 4) is 0 Å². The maximum atomic E-state index is 13.3. The van der Waals surface area contributed by atoms with Crippen molar-refractivity contribution in [1.29, 1.82) is 0 Å². The van der Waals surface area contributed by atoms with Crippen LogP contribution in [0.2, 0.25) is 0 Å². The largest absolute Gasteiger partial charge is 0.469 e. The Morgan fingerprint density at radius 3 is 2.81 bits per heavy atom. The molecule has 4 rings (SSSR count). The lowest BCUT2D eigenvalue weighted by Crippen LogP contribution is -2.54. The van der Waals surface area contributed by atoms with Gasteiger partial charge in [-0.3, -0.25) is 9.59 Å². The standard InChI is InChI=1S/C24H36O3/c1-23-13-5-4-7-17(23)15-20(25)22-18-11-10-16(8-6-9-21(26)27-3)24(18,2)14-12-19(22)23/h12,14,16-19,22H,4-11,13,15H2,1-3H3. The average molecular weight is 373 g/mol. The first-order valence-electron chi connectivity index (χ1n) is 11.2. The number of Topliss-reactive ketones (excluding diaryl/α,β-unsaturated/α-hetero) is 1. The second-order valence-corrected chi connectivity index (χ2v) is 10.2. The van der Waals surface area contributed by atoms with Gasteiger partial charge in [-0.25, -0.2) is 0 Å². The molecule has 0 heterocycles. The zero-order valence-electron chi connectivity index (χ0n) is 17.3. The number of carbonyl (C=O) groups is 2. The van der Waals surface area contributed by atoms with Gasteiger partial charge in [-0.1, -0.05) is 38.8 Å². The van der Waals surface area contributed by atoms with E-state index in [1.54, 1.807) is 0 Å². The number of ketones is 1. The van der Waals surface area contributed by atoms with Gasteiger partial charge in [0.25, 0.3) is 0 Å². The van der Waals surface area contributed by atoms with Crippen molar-refractivity contribution in [3.05, 3.63) is 12.2 Å². The number of methoxy groups -OCH3 is 1. The monoisotopic (exact) mass is 372 g/mol. The third-order valence-corrected chi connectivity index (χ3v) is 9.18. The number of rotatable bonds is 4. The van der Waals surface area contributed by atoms with E-state index in [1.165, 1.54) is 45.6 Å². The maximum Gasteiger partial charge on any atom is 0.305 e.